The summed E-state index contributed by atoms with van der Waals surface area (Å²) in [6.45, 7) is 0. The number of nitrogens with zero attached hydrogens (tertiary/aromatic N) is 1. The molecule has 56 valence electrons. The van der Waals surface area contributed by atoms with E-state index >= 15 is 0 Å². The van der Waals surface area contributed by atoms with Crippen LogP contribution in [0.15, 0.2) is 18.5 Å². The topological polar surface area (TPSA) is 28.7 Å². The van der Waals surface area contributed by atoms with E-state index in [9.17, 15) is 4.39 Å². The van der Waals surface area contributed by atoms with Crippen LogP contribution in [0.5, 0.6) is 0 Å². The lowest BCUT2D eigenvalue weighted by molar-refractivity contribution is 0.587. The highest BCUT2D eigenvalue weighted by Crippen LogP contribution is 2.22. The van der Waals surface area contributed by atoms with Crippen LogP contribution in [-0.2, 0) is 0 Å². The Bertz CT molecular complexity index is 396. The van der Waals surface area contributed by atoms with Gasteiger partial charge in [-0.3, -0.25) is 0 Å². The Kier molecular flexibility index (Phi) is 1.32. The summed E-state index contributed by atoms with van der Waals surface area (Å²) in [5.74, 6) is -0.626. The summed E-state index contributed by atoms with van der Waals surface area (Å²) in [6.07, 6.45) is 3.11. The lowest BCUT2D eigenvalue weighted by Gasteiger charge is -1.93. The number of H-pyrrole nitrogens is 1. The van der Waals surface area contributed by atoms with Gasteiger partial charge >= 0.3 is 0 Å². The predicted molar refractivity (Wildman–Crippen MR) is 41.1 cm³/mol. The summed E-state index contributed by atoms with van der Waals surface area (Å²) >= 11 is 5.61. The zero-order chi connectivity index (χ0) is 7.84. The molecule has 0 spiro atoms. The third-order valence-electron chi connectivity index (χ3n) is 1.50. The van der Waals surface area contributed by atoms with Crippen molar-refractivity contribution in [3.63, 3.8) is 0 Å². The lowest BCUT2D eigenvalue weighted by atomic mass is 10.3. The Labute approximate surface area is 67.0 Å². The van der Waals surface area contributed by atoms with Crippen LogP contribution >= 0.6 is 11.6 Å². The summed E-state index contributed by atoms with van der Waals surface area (Å²) in [6, 6.07) is 1.71. The van der Waals surface area contributed by atoms with E-state index in [2.05, 4.69) is 9.97 Å². The van der Waals surface area contributed by atoms with Crippen molar-refractivity contribution in [1.29, 1.82) is 0 Å². The van der Waals surface area contributed by atoms with Crippen molar-refractivity contribution < 1.29 is 4.39 Å². The van der Waals surface area contributed by atoms with Gasteiger partial charge in [-0.1, -0.05) is 11.6 Å². The first-order chi connectivity index (χ1) is 5.29. The molecule has 0 amide bonds. The Hall–Kier alpha value is -1.09. The molecule has 0 unspecified atom stereocenters. The van der Waals surface area contributed by atoms with Crippen molar-refractivity contribution >= 4 is 22.5 Å². The quantitative estimate of drug-likeness (QED) is 0.604. The van der Waals surface area contributed by atoms with Crippen LogP contribution in [0.1, 0.15) is 0 Å². The van der Waals surface area contributed by atoms with E-state index in [0.717, 1.165) is 5.52 Å². The van der Waals surface area contributed by atoms with E-state index in [4.69, 9.17) is 11.6 Å². The normalized spacial score (nSPS) is 10.7. The van der Waals surface area contributed by atoms with Gasteiger partial charge in [0.2, 0.25) is 5.95 Å². The van der Waals surface area contributed by atoms with E-state index < -0.39 is 5.95 Å². The molecule has 2 heterocycles. The second-order valence-corrected chi connectivity index (χ2v) is 2.55. The molecule has 4 heteroatoms. The average molecular weight is 171 g/mol. The molecule has 2 aromatic heterocycles. The number of hydrogen-bond donors (Lipinski definition) is 1. The fraction of sp³-hybridized carbons (Fsp3) is 0. The maximum atomic E-state index is 12.7. The van der Waals surface area contributed by atoms with Crippen molar-refractivity contribution in [3.8, 4) is 0 Å². The van der Waals surface area contributed by atoms with Gasteiger partial charge in [-0.15, -0.1) is 0 Å². The highest BCUT2D eigenvalue weighted by molar-refractivity contribution is 6.35. The molecule has 1 N–H and O–H groups in total. The summed E-state index contributed by atoms with van der Waals surface area (Å²) in [5.41, 5.74) is 0.747. The van der Waals surface area contributed by atoms with E-state index in [0.29, 0.717) is 5.39 Å². The van der Waals surface area contributed by atoms with Crippen molar-refractivity contribution in [3.05, 3.63) is 29.4 Å². The zero-order valence-electron chi connectivity index (χ0n) is 5.44. The molecule has 2 rings (SSSR count). The van der Waals surface area contributed by atoms with Crippen LogP contribution < -0.4 is 0 Å². The van der Waals surface area contributed by atoms with Gasteiger partial charge in [-0.05, 0) is 6.07 Å². The van der Waals surface area contributed by atoms with Gasteiger partial charge in [0.25, 0.3) is 0 Å². The molecule has 2 aromatic rings. The minimum Gasteiger partial charge on any atom is -0.360 e. The molecule has 0 atom stereocenters. The third kappa shape index (κ3) is 0.886. The molecular weight excluding hydrogens is 167 g/mol. The highest BCUT2D eigenvalue weighted by Gasteiger charge is 2.05. The van der Waals surface area contributed by atoms with Gasteiger partial charge in [-0.2, -0.15) is 4.39 Å². The molecular formula is C7H4ClFN2. The Morgan fingerprint density at radius 2 is 2.36 bits per heavy atom. The summed E-state index contributed by atoms with van der Waals surface area (Å²) < 4.78 is 12.7. The molecule has 0 aromatic carbocycles. The van der Waals surface area contributed by atoms with Gasteiger partial charge in [0.15, 0.2) is 0 Å². The number of nitrogens with one attached hydrogen (secondary N) is 1. The first kappa shape index (κ1) is 6.61. The highest BCUT2D eigenvalue weighted by atomic mass is 35.5. The number of rotatable bonds is 0. The fourth-order valence-corrected chi connectivity index (χ4v) is 1.18. The largest absolute Gasteiger partial charge is 0.360 e. The molecule has 0 aliphatic rings. The molecule has 0 aliphatic carbocycles. The lowest BCUT2D eigenvalue weighted by Crippen LogP contribution is -1.82. The second-order valence-electron chi connectivity index (χ2n) is 2.17. The van der Waals surface area contributed by atoms with Gasteiger partial charge in [-0.25, -0.2) is 4.98 Å². The number of pyridine rings is 1. The standard InChI is InChI=1S/C7H4ClFN2/c8-6-4-1-2-10-5(4)3-11-7(6)9/h1-3,10H. The predicted octanol–water partition coefficient (Wildman–Crippen LogP) is 2.36. The number of aromatic nitrogens is 2. The number of fused-ring (bicyclic) bond motifs is 1. The van der Waals surface area contributed by atoms with Crippen LogP contribution in [0.4, 0.5) is 4.39 Å². The van der Waals surface area contributed by atoms with Crippen LogP contribution in [-0.4, -0.2) is 9.97 Å². The van der Waals surface area contributed by atoms with Crippen LogP contribution in [0.25, 0.3) is 10.9 Å². The Balaban J connectivity index is 2.93. The minimum atomic E-state index is -0.626. The van der Waals surface area contributed by atoms with E-state index in [1.807, 2.05) is 0 Å². The molecule has 0 saturated carbocycles. The Morgan fingerprint density at radius 1 is 1.55 bits per heavy atom. The van der Waals surface area contributed by atoms with E-state index in [-0.39, 0.29) is 5.02 Å². The summed E-state index contributed by atoms with van der Waals surface area (Å²) in [7, 11) is 0. The maximum absolute atomic E-state index is 12.7. The van der Waals surface area contributed by atoms with Crippen molar-refractivity contribution in [2.24, 2.45) is 0 Å². The van der Waals surface area contributed by atoms with Crippen molar-refractivity contribution in [2.45, 2.75) is 0 Å². The summed E-state index contributed by atoms with van der Waals surface area (Å²) in [4.78, 5) is 6.32. The molecule has 2 nitrogen and oxygen atoms in total. The third-order valence-corrected chi connectivity index (χ3v) is 1.86. The average Bonchev–Trinajstić information content (AvgIpc) is 2.45. The SMILES string of the molecule is Fc1ncc2[nH]ccc2c1Cl. The molecule has 0 saturated heterocycles. The molecule has 0 radical (unpaired) electrons. The fourth-order valence-electron chi connectivity index (χ4n) is 0.970. The van der Waals surface area contributed by atoms with Crippen LogP contribution in [0.3, 0.4) is 0 Å². The number of hydrogen-bond acceptors (Lipinski definition) is 1. The summed E-state index contributed by atoms with van der Waals surface area (Å²) in [5, 5.41) is 0.739. The maximum Gasteiger partial charge on any atom is 0.232 e. The monoisotopic (exact) mass is 170 g/mol. The van der Waals surface area contributed by atoms with Gasteiger partial charge < -0.3 is 4.98 Å². The molecule has 11 heavy (non-hydrogen) atoms. The Morgan fingerprint density at radius 3 is 3.18 bits per heavy atom. The zero-order valence-corrected chi connectivity index (χ0v) is 6.19. The van der Waals surface area contributed by atoms with Gasteiger partial charge in [0.05, 0.1) is 11.7 Å². The van der Waals surface area contributed by atoms with Crippen molar-refractivity contribution in [2.75, 3.05) is 0 Å². The molecule has 0 aliphatic heterocycles. The van der Waals surface area contributed by atoms with Gasteiger partial charge in [0.1, 0.15) is 5.02 Å². The smallest absolute Gasteiger partial charge is 0.232 e. The first-order valence-corrected chi connectivity index (χ1v) is 3.44. The van der Waals surface area contributed by atoms with Gasteiger partial charge in [0, 0.05) is 11.6 Å². The van der Waals surface area contributed by atoms with E-state index in [1.54, 1.807) is 12.3 Å². The first-order valence-electron chi connectivity index (χ1n) is 3.06. The minimum absolute atomic E-state index is 0.0729. The number of aromatic amines is 1. The van der Waals surface area contributed by atoms with Crippen LogP contribution in [0.2, 0.25) is 5.02 Å². The van der Waals surface area contributed by atoms with Crippen LogP contribution in [0, 0.1) is 5.95 Å². The van der Waals surface area contributed by atoms with Crippen molar-refractivity contribution in [1.82, 2.24) is 9.97 Å². The van der Waals surface area contributed by atoms with E-state index in [1.165, 1.54) is 6.20 Å². The molecule has 0 fully saturated rings. The number of halogens is 2. The molecule has 0 bridgehead atoms. The second kappa shape index (κ2) is 2.20.